The fraction of sp³-hybridized carbons (Fsp3) is 0.417. The number of amides is 1. The van der Waals surface area contributed by atoms with E-state index in [0.717, 1.165) is 0 Å². The van der Waals surface area contributed by atoms with Crippen LogP contribution in [0.15, 0.2) is 23.1 Å². The third kappa shape index (κ3) is 4.19. The fourth-order valence-corrected chi connectivity index (χ4v) is 2.80. The van der Waals surface area contributed by atoms with E-state index < -0.39 is 10.0 Å². The monoisotopic (exact) mass is 301 g/mol. The van der Waals surface area contributed by atoms with Gasteiger partial charge in [-0.2, -0.15) is 0 Å². The SMILES string of the molecule is COc1ccc(S(=O)(=O)NC(C)CN)cc1NC(C)=O. The number of nitrogens with one attached hydrogen (secondary N) is 2. The highest BCUT2D eigenvalue weighted by Crippen LogP contribution is 2.27. The number of carbonyl (C=O) groups is 1. The molecule has 0 bridgehead atoms. The molecule has 7 nitrogen and oxygen atoms in total. The van der Waals surface area contributed by atoms with Gasteiger partial charge in [-0.25, -0.2) is 13.1 Å². The predicted octanol–water partition coefficient (Wildman–Crippen LogP) is 0.279. The fourth-order valence-electron chi connectivity index (χ4n) is 1.52. The number of anilines is 1. The van der Waals surface area contributed by atoms with E-state index in [1.54, 1.807) is 6.92 Å². The molecule has 1 atom stereocenters. The number of sulfonamides is 1. The summed E-state index contributed by atoms with van der Waals surface area (Å²) in [6.45, 7) is 3.18. The van der Waals surface area contributed by atoms with Crippen molar-refractivity contribution >= 4 is 21.6 Å². The second kappa shape index (κ2) is 6.69. The summed E-state index contributed by atoms with van der Waals surface area (Å²) >= 11 is 0. The lowest BCUT2D eigenvalue weighted by atomic mass is 10.3. The number of hydrogen-bond donors (Lipinski definition) is 3. The molecule has 1 amide bonds. The van der Waals surface area contributed by atoms with Gasteiger partial charge in [-0.05, 0) is 25.1 Å². The molecule has 112 valence electrons. The Balaban J connectivity index is 3.16. The van der Waals surface area contributed by atoms with Gasteiger partial charge < -0.3 is 15.8 Å². The minimum atomic E-state index is -3.69. The lowest BCUT2D eigenvalue weighted by Gasteiger charge is -2.14. The van der Waals surface area contributed by atoms with Crippen LogP contribution in [-0.4, -0.2) is 34.0 Å². The molecule has 0 heterocycles. The van der Waals surface area contributed by atoms with Crippen molar-refractivity contribution in [2.45, 2.75) is 24.8 Å². The van der Waals surface area contributed by atoms with Crippen LogP contribution >= 0.6 is 0 Å². The van der Waals surface area contributed by atoms with Gasteiger partial charge in [0.1, 0.15) is 5.75 Å². The molecule has 1 rings (SSSR count). The second-order valence-electron chi connectivity index (χ2n) is 4.30. The van der Waals surface area contributed by atoms with E-state index in [-0.39, 0.29) is 23.4 Å². The van der Waals surface area contributed by atoms with E-state index in [1.807, 2.05) is 0 Å². The Labute approximate surface area is 118 Å². The summed E-state index contributed by atoms with van der Waals surface area (Å²) in [5, 5.41) is 2.52. The molecule has 4 N–H and O–H groups in total. The normalized spacial score (nSPS) is 12.8. The van der Waals surface area contributed by atoms with Gasteiger partial charge >= 0.3 is 0 Å². The highest BCUT2D eigenvalue weighted by Gasteiger charge is 2.18. The lowest BCUT2D eigenvalue weighted by Crippen LogP contribution is -2.37. The van der Waals surface area contributed by atoms with Gasteiger partial charge in [-0.15, -0.1) is 0 Å². The maximum absolute atomic E-state index is 12.1. The van der Waals surface area contributed by atoms with E-state index in [2.05, 4.69) is 10.0 Å². The van der Waals surface area contributed by atoms with Gasteiger partial charge in [0.15, 0.2) is 0 Å². The van der Waals surface area contributed by atoms with Gasteiger partial charge in [0.2, 0.25) is 15.9 Å². The zero-order valence-electron chi connectivity index (χ0n) is 11.6. The van der Waals surface area contributed by atoms with Crippen LogP contribution < -0.4 is 20.5 Å². The zero-order chi connectivity index (χ0) is 15.3. The highest BCUT2D eigenvalue weighted by atomic mass is 32.2. The zero-order valence-corrected chi connectivity index (χ0v) is 12.5. The summed E-state index contributed by atoms with van der Waals surface area (Å²) in [5.74, 6) is 0.0622. The van der Waals surface area contributed by atoms with Crippen LogP contribution in [0, 0.1) is 0 Å². The molecular weight excluding hydrogens is 282 g/mol. The summed E-state index contributed by atoms with van der Waals surface area (Å²) in [7, 11) is -2.26. The van der Waals surface area contributed by atoms with Crippen LogP contribution in [0.2, 0.25) is 0 Å². The smallest absolute Gasteiger partial charge is 0.240 e. The molecule has 8 heteroatoms. The molecule has 1 unspecified atom stereocenters. The Morgan fingerprint density at radius 1 is 1.45 bits per heavy atom. The Morgan fingerprint density at radius 2 is 2.10 bits per heavy atom. The molecule has 20 heavy (non-hydrogen) atoms. The maximum atomic E-state index is 12.1. The van der Waals surface area contributed by atoms with Gasteiger partial charge in [0, 0.05) is 19.5 Å². The molecule has 0 aliphatic heterocycles. The first-order valence-electron chi connectivity index (χ1n) is 5.98. The Kier molecular flexibility index (Phi) is 5.49. The molecular formula is C12H19N3O4S. The Morgan fingerprint density at radius 3 is 2.60 bits per heavy atom. The number of nitrogens with two attached hydrogens (primary N) is 1. The van der Waals surface area contributed by atoms with Crippen molar-refractivity contribution < 1.29 is 17.9 Å². The van der Waals surface area contributed by atoms with Crippen LogP contribution in [0.1, 0.15) is 13.8 Å². The van der Waals surface area contributed by atoms with E-state index >= 15 is 0 Å². The van der Waals surface area contributed by atoms with E-state index in [9.17, 15) is 13.2 Å². The average Bonchev–Trinajstić information content (AvgIpc) is 2.37. The summed E-state index contributed by atoms with van der Waals surface area (Å²) in [4.78, 5) is 11.1. The van der Waals surface area contributed by atoms with Gasteiger partial charge in [-0.3, -0.25) is 4.79 Å². The van der Waals surface area contributed by atoms with E-state index in [1.165, 1.54) is 32.2 Å². The third-order valence-electron chi connectivity index (χ3n) is 2.50. The van der Waals surface area contributed by atoms with Gasteiger partial charge in [0.05, 0.1) is 17.7 Å². The number of hydrogen-bond acceptors (Lipinski definition) is 5. The molecule has 0 saturated heterocycles. The molecule has 0 aliphatic rings. The van der Waals surface area contributed by atoms with Crippen LogP contribution in [0.4, 0.5) is 5.69 Å². The molecule has 1 aromatic carbocycles. The Bertz CT molecular complexity index is 586. The summed E-state index contributed by atoms with van der Waals surface area (Å²) in [5.41, 5.74) is 5.69. The number of methoxy groups -OCH3 is 1. The van der Waals surface area contributed by atoms with Crippen LogP contribution in [0.3, 0.4) is 0 Å². The van der Waals surface area contributed by atoms with Crippen molar-refractivity contribution in [3.05, 3.63) is 18.2 Å². The first-order valence-corrected chi connectivity index (χ1v) is 7.46. The summed E-state index contributed by atoms with van der Waals surface area (Å²) in [6.07, 6.45) is 0. The van der Waals surface area contributed by atoms with Crippen molar-refractivity contribution in [1.82, 2.24) is 4.72 Å². The minimum Gasteiger partial charge on any atom is -0.495 e. The molecule has 0 aliphatic carbocycles. The number of ether oxygens (including phenoxy) is 1. The van der Waals surface area contributed by atoms with Crippen molar-refractivity contribution in [1.29, 1.82) is 0 Å². The van der Waals surface area contributed by atoms with Gasteiger partial charge in [-0.1, -0.05) is 0 Å². The number of benzene rings is 1. The largest absolute Gasteiger partial charge is 0.495 e. The summed E-state index contributed by atoms with van der Waals surface area (Å²) < 4.78 is 31.7. The molecule has 0 saturated carbocycles. The third-order valence-corrected chi connectivity index (χ3v) is 4.09. The van der Waals surface area contributed by atoms with Crippen molar-refractivity contribution in [3.63, 3.8) is 0 Å². The molecule has 0 fully saturated rings. The van der Waals surface area contributed by atoms with E-state index in [0.29, 0.717) is 11.4 Å². The van der Waals surface area contributed by atoms with Crippen molar-refractivity contribution in [2.75, 3.05) is 19.0 Å². The first-order chi connectivity index (χ1) is 9.30. The van der Waals surface area contributed by atoms with E-state index in [4.69, 9.17) is 10.5 Å². The van der Waals surface area contributed by atoms with Crippen LogP contribution in [0.5, 0.6) is 5.75 Å². The quantitative estimate of drug-likeness (QED) is 0.699. The average molecular weight is 301 g/mol. The van der Waals surface area contributed by atoms with Crippen LogP contribution in [0.25, 0.3) is 0 Å². The maximum Gasteiger partial charge on any atom is 0.240 e. The van der Waals surface area contributed by atoms with Crippen molar-refractivity contribution in [2.24, 2.45) is 5.73 Å². The standard InChI is InChI=1S/C12H19N3O4S/c1-8(7-13)15-20(17,18)10-4-5-12(19-3)11(6-10)14-9(2)16/h4-6,8,15H,7,13H2,1-3H3,(H,14,16). The first kappa shape index (κ1) is 16.4. The van der Waals surface area contributed by atoms with Crippen molar-refractivity contribution in [3.8, 4) is 5.75 Å². The second-order valence-corrected chi connectivity index (χ2v) is 6.02. The molecule has 0 aromatic heterocycles. The topological polar surface area (TPSA) is 111 Å². The highest BCUT2D eigenvalue weighted by molar-refractivity contribution is 7.89. The van der Waals surface area contributed by atoms with Gasteiger partial charge in [0.25, 0.3) is 0 Å². The van der Waals surface area contributed by atoms with Crippen LogP contribution in [-0.2, 0) is 14.8 Å². The molecule has 0 spiro atoms. The predicted molar refractivity (Wildman–Crippen MR) is 76.1 cm³/mol. The summed E-state index contributed by atoms with van der Waals surface area (Å²) in [6, 6.07) is 3.83. The molecule has 1 aromatic rings. The number of rotatable bonds is 6. The minimum absolute atomic E-state index is 0.0300. The molecule has 0 radical (unpaired) electrons. The lowest BCUT2D eigenvalue weighted by molar-refractivity contribution is -0.114. The number of carbonyl (C=O) groups excluding carboxylic acids is 1. The Hall–Kier alpha value is -1.64.